The van der Waals surface area contributed by atoms with Crippen molar-refractivity contribution in [2.45, 2.75) is 73.6 Å². The molecule has 0 saturated heterocycles. The van der Waals surface area contributed by atoms with E-state index in [0.717, 1.165) is 5.33 Å². The van der Waals surface area contributed by atoms with Crippen LogP contribution in [0.4, 0.5) is 0 Å². The smallest absolute Gasteiger partial charge is 0.00313 e. The third-order valence-corrected chi connectivity index (χ3v) is 4.78. The third kappa shape index (κ3) is 5.39. The maximum atomic E-state index is 3.51. The van der Waals surface area contributed by atoms with Gasteiger partial charge in [0.2, 0.25) is 0 Å². The van der Waals surface area contributed by atoms with Gasteiger partial charge >= 0.3 is 0 Å². The van der Waals surface area contributed by atoms with E-state index in [9.17, 15) is 0 Å². The number of halogens is 1. The molecule has 0 saturated carbocycles. The lowest BCUT2D eigenvalue weighted by atomic mass is 9.78. The van der Waals surface area contributed by atoms with Crippen molar-refractivity contribution in [1.29, 1.82) is 0 Å². The number of alkyl halides is 1. The van der Waals surface area contributed by atoms with Crippen molar-refractivity contribution < 1.29 is 0 Å². The molecule has 0 spiro atoms. The quantitative estimate of drug-likeness (QED) is 0.364. The Morgan fingerprint density at radius 2 is 1.50 bits per heavy atom. The molecule has 1 unspecified atom stereocenters. The van der Waals surface area contributed by atoms with Crippen molar-refractivity contribution in [3.05, 3.63) is 23.3 Å². The molecule has 116 valence electrons. The van der Waals surface area contributed by atoms with Gasteiger partial charge in [-0.15, -0.1) is 0 Å². The van der Waals surface area contributed by atoms with Crippen LogP contribution in [0.2, 0.25) is 0 Å². The summed E-state index contributed by atoms with van der Waals surface area (Å²) < 4.78 is 0. The minimum Gasteiger partial charge on any atom is -0.0928 e. The van der Waals surface area contributed by atoms with Gasteiger partial charge in [0, 0.05) is 5.33 Å². The lowest BCUT2D eigenvalue weighted by Gasteiger charge is -2.26. The van der Waals surface area contributed by atoms with Crippen LogP contribution in [0.5, 0.6) is 0 Å². The topological polar surface area (TPSA) is 0 Å². The Kier molecular flexibility index (Phi) is 6.57. The zero-order valence-electron chi connectivity index (χ0n) is 14.4. The van der Waals surface area contributed by atoms with Crippen LogP contribution in [-0.4, -0.2) is 5.33 Å². The molecule has 0 fully saturated rings. The van der Waals surface area contributed by atoms with E-state index in [-0.39, 0.29) is 5.41 Å². The molecular weight excluding hydrogens is 308 g/mol. The molecule has 1 heteroatoms. The lowest BCUT2D eigenvalue weighted by molar-refractivity contribution is 0.436. The SMILES string of the molecule is CC(C)(C)C1=CC(CCCCCCBr)C(C(C)(C)C)=C1. The summed E-state index contributed by atoms with van der Waals surface area (Å²) in [5.74, 6) is 0.674. The van der Waals surface area contributed by atoms with Crippen LogP contribution in [0.1, 0.15) is 73.6 Å². The van der Waals surface area contributed by atoms with Crippen LogP contribution in [0.3, 0.4) is 0 Å². The molecule has 0 aromatic rings. The summed E-state index contributed by atoms with van der Waals surface area (Å²) in [5.41, 5.74) is 3.75. The van der Waals surface area contributed by atoms with Gasteiger partial charge in [-0.3, -0.25) is 0 Å². The maximum absolute atomic E-state index is 3.51. The summed E-state index contributed by atoms with van der Waals surface area (Å²) in [5, 5.41) is 1.15. The molecule has 1 rings (SSSR count). The monoisotopic (exact) mass is 340 g/mol. The van der Waals surface area contributed by atoms with Crippen LogP contribution in [0.25, 0.3) is 0 Å². The molecule has 0 amide bonds. The van der Waals surface area contributed by atoms with Gasteiger partial charge in [0.25, 0.3) is 0 Å². The van der Waals surface area contributed by atoms with Crippen LogP contribution >= 0.6 is 15.9 Å². The normalized spacial score (nSPS) is 20.1. The van der Waals surface area contributed by atoms with Gasteiger partial charge in [0.1, 0.15) is 0 Å². The van der Waals surface area contributed by atoms with Crippen molar-refractivity contribution in [2.75, 3.05) is 5.33 Å². The first-order valence-electron chi connectivity index (χ1n) is 8.16. The van der Waals surface area contributed by atoms with Gasteiger partial charge in [0.05, 0.1) is 0 Å². The van der Waals surface area contributed by atoms with Crippen LogP contribution < -0.4 is 0 Å². The molecule has 0 nitrogen and oxygen atoms in total. The Bertz CT molecular complexity index is 360. The second-order valence-corrected chi connectivity index (χ2v) is 9.01. The van der Waals surface area contributed by atoms with Crippen molar-refractivity contribution in [1.82, 2.24) is 0 Å². The minimum absolute atomic E-state index is 0.279. The largest absolute Gasteiger partial charge is 0.0928 e. The first-order chi connectivity index (χ1) is 9.16. The number of hydrogen-bond donors (Lipinski definition) is 0. The highest BCUT2D eigenvalue weighted by molar-refractivity contribution is 9.09. The summed E-state index contributed by atoms with van der Waals surface area (Å²) in [6.07, 6.45) is 11.8. The van der Waals surface area contributed by atoms with E-state index >= 15 is 0 Å². The number of unbranched alkanes of at least 4 members (excludes halogenated alkanes) is 3. The molecule has 0 radical (unpaired) electrons. The summed E-state index contributed by atoms with van der Waals surface area (Å²) in [6, 6.07) is 0. The van der Waals surface area contributed by atoms with Gasteiger partial charge in [0.15, 0.2) is 0 Å². The molecule has 0 aromatic heterocycles. The van der Waals surface area contributed by atoms with E-state index < -0.39 is 0 Å². The molecule has 1 aliphatic rings. The molecule has 1 atom stereocenters. The zero-order chi connectivity index (χ0) is 15.4. The molecular formula is C19H33Br. The van der Waals surface area contributed by atoms with E-state index in [1.165, 1.54) is 37.7 Å². The average molecular weight is 341 g/mol. The molecule has 1 aliphatic carbocycles. The predicted molar refractivity (Wildman–Crippen MR) is 95.4 cm³/mol. The van der Waals surface area contributed by atoms with Gasteiger partial charge < -0.3 is 0 Å². The van der Waals surface area contributed by atoms with Crippen LogP contribution in [0.15, 0.2) is 23.3 Å². The maximum Gasteiger partial charge on any atom is 0.00313 e. The second kappa shape index (κ2) is 7.29. The molecule has 0 N–H and O–H groups in total. The zero-order valence-corrected chi connectivity index (χ0v) is 15.9. The summed E-state index contributed by atoms with van der Waals surface area (Å²) in [7, 11) is 0. The molecule has 0 aromatic carbocycles. The number of allylic oxidation sites excluding steroid dienone is 4. The van der Waals surface area contributed by atoms with E-state index in [2.05, 4.69) is 69.6 Å². The fourth-order valence-corrected chi connectivity index (χ4v) is 3.32. The summed E-state index contributed by atoms with van der Waals surface area (Å²) in [4.78, 5) is 0. The molecule has 0 aliphatic heterocycles. The number of hydrogen-bond acceptors (Lipinski definition) is 0. The summed E-state index contributed by atoms with van der Waals surface area (Å²) in [6.45, 7) is 14.1. The Balaban J connectivity index is 2.67. The first kappa shape index (κ1) is 18.0. The summed E-state index contributed by atoms with van der Waals surface area (Å²) >= 11 is 3.51. The van der Waals surface area contributed by atoms with Crippen molar-refractivity contribution in [3.63, 3.8) is 0 Å². The van der Waals surface area contributed by atoms with Crippen LogP contribution in [-0.2, 0) is 0 Å². The highest BCUT2D eigenvalue weighted by Gasteiger charge is 2.31. The van der Waals surface area contributed by atoms with Gasteiger partial charge in [-0.25, -0.2) is 0 Å². The Hall–Kier alpha value is -0.0400. The Morgan fingerprint density at radius 1 is 0.900 bits per heavy atom. The lowest BCUT2D eigenvalue weighted by Crippen LogP contribution is -2.15. The van der Waals surface area contributed by atoms with Crippen molar-refractivity contribution in [3.8, 4) is 0 Å². The van der Waals surface area contributed by atoms with Crippen molar-refractivity contribution >= 4 is 15.9 Å². The van der Waals surface area contributed by atoms with E-state index in [1.54, 1.807) is 5.57 Å². The highest BCUT2D eigenvalue weighted by Crippen LogP contribution is 2.44. The van der Waals surface area contributed by atoms with Crippen molar-refractivity contribution in [2.24, 2.45) is 16.7 Å². The molecule has 0 heterocycles. The van der Waals surface area contributed by atoms with E-state index in [4.69, 9.17) is 0 Å². The standard InChI is InChI=1S/C19H33Br/c1-18(2,3)16-13-15(11-9-7-8-10-12-20)17(14-16)19(4,5)6/h13-15H,7-12H2,1-6H3. The Labute approximate surface area is 135 Å². The fraction of sp³-hybridized carbons (Fsp3) is 0.789. The first-order valence-corrected chi connectivity index (χ1v) is 9.29. The average Bonchev–Trinajstić information content (AvgIpc) is 2.72. The van der Waals surface area contributed by atoms with E-state index in [0.29, 0.717) is 11.3 Å². The van der Waals surface area contributed by atoms with Gasteiger partial charge in [-0.05, 0) is 35.2 Å². The second-order valence-electron chi connectivity index (χ2n) is 8.22. The fourth-order valence-electron chi connectivity index (χ4n) is 2.92. The van der Waals surface area contributed by atoms with Gasteiger partial charge in [-0.2, -0.15) is 0 Å². The van der Waals surface area contributed by atoms with E-state index in [1.807, 2.05) is 0 Å². The third-order valence-electron chi connectivity index (χ3n) is 4.22. The number of rotatable bonds is 6. The van der Waals surface area contributed by atoms with Gasteiger partial charge in [-0.1, -0.05) is 94.5 Å². The Morgan fingerprint density at radius 3 is 2.00 bits per heavy atom. The predicted octanol–water partition coefficient (Wildman–Crippen LogP) is 6.91. The van der Waals surface area contributed by atoms with Crippen LogP contribution in [0, 0.1) is 16.7 Å². The minimum atomic E-state index is 0.279. The highest BCUT2D eigenvalue weighted by atomic mass is 79.9. The molecule has 0 bridgehead atoms. The molecule has 20 heavy (non-hydrogen) atoms.